The predicted octanol–water partition coefficient (Wildman–Crippen LogP) is 3.93. The lowest BCUT2D eigenvalue weighted by molar-refractivity contribution is 0.0687. The van der Waals surface area contributed by atoms with Gasteiger partial charge in [0.15, 0.2) is 16.6 Å². The number of anilines is 1. The first kappa shape index (κ1) is 15.0. The number of nitrogens with zero attached hydrogens (tertiary/aromatic N) is 1. The van der Waals surface area contributed by atoms with Crippen molar-refractivity contribution in [1.82, 2.24) is 4.98 Å². The maximum atomic E-state index is 11.4. The van der Waals surface area contributed by atoms with E-state index in [0.29, 0.717) is 9.47 Å². The lowest BCUT2D eigenvalue weighted by Crippen LogP contribution is -2.06. The fourth-order valence-corrected chi connectivity index (χ4v) is 3.59. The standard InChI is InChI=1S/C12H11ClN2O3S2/c1-5(7-3-4-8(13)19-7)14-12-15-9(11(17)18)10(20-12)6(2)16/h3-5H,1-2H3,(H,14,15)(H,17,18). The van der Waals surface area contributed by atoms with Gasteiger partial charge in [0.05, 0.1) is 10.4 Å². The first-order chi connectivity index (χ1) is 9.38. The summed E-state index contributed by atoms with van der Waals surface area (Å²) in [6.45, 7) is 3.24. The van der Waals surface area contributed by atoms with Crippen molar-refractivity contribution in [3.8, 4) is 0 Å². The molecule has 0 saturated heterocycles. The second kappa shape index (κ2) is 5.90. The number of carboxylic acid groups (broad SMARTS) is 1. The largest absolute Gasteiger partial charge is 0.476 e. The quantitative estimate of drug-likeness (QED) is 0.812. The Morgan fingerprint density at radius 2 is 2.10 bits per heavy atom. The summed E-state index contributed by atoms with van der Waals surface area (Å²) in [5.74, 6) is -1.51. The van der Waals surface area contributed by atoms with Crippen LogP contribution < -0.4 is 5.32 Å². The molecule has 0 bridgehead atoms. The topological polar surface area (TPSA) is 79.3 Å². The van der Waals surface area contributed by atoms with E-state index in [1.807, 2.05) is 13.0 Å². The lowest BCUT2D eigenvalue weighted by atomic mass is 10.3. The van der Waals surface area contributed by atoms with Gasteiger partial charge in [-0.2, -0.15) is 0 Å². The molecule has 0 aliphatic heterocycles. The van der Waals surface area contributed by atoms with Gasteiger partial charge in [-0.3, -0.25) is 4.79 Å². The fraction of sp³-hybridized carbons (Fsp3) is 0.250. The minimum absolute atomic E-state index is 0.0693. The SMILES string of the molecule is CC(=O)c1sc(NC(C)c2ccc(Cl)s2)nc1C(=O)O. The third-order valence-electron chi connectivity index (χ3n) is 2.51. The van der Waals surface area contributed by atoms with Gasteiger partial charge in [0.25, 0.3) is 0 Å². The van der Waals surface area contributed by atoms with Crippen LogP contribution in [0.15, 0.2) is 12.1 Å². The van der Waals surface area contributed by atoms with E-state index < -0.39 is 5.97 Å². The fourth-order valence-electron chi connectivity index (χ4n) is 1.58. The van der Waals surface area contributed by atoms with Crippen LogP contribution in [0.4, 0.5) is 5.13 Å². The third-order valence-corrected chi connectivity index (χ3v) is 5.01. The molecule has 0 aliphatic rings. The number of nitrogens with one attached hydrogen (secondary N) is 1. The molecule has 0 aliphatic carbocycles. The molecule has 5 nitrogen and oxygen atoms in total. The molecule has 2 N–H and O–H groups in total. The Morgan fingerprint density at radius 1 is 1.40 bits per heavy atom. The highest BCUT2D eigenvalue weighted by molar-refractivity contribution is 7.18. The van der Waals surface area contributed by atoms with Gasteiger partial charge in [0, 0.05) is 11.8 Å². The van der Waals surface area contributed by atoms with Crippen molar-refractivity contribution in [2.45, 2.75) is 19.9 Å². The molecular formula is C12H11ClN2O3S2. The maximum Gasteiger partial charge on any atom is 0.356 e. The number of ketones is 1. The van der Waals surface area contributed by atoms with E-state index in [1.165, 1.54) is 18.3 Å². The molecule has 2 aromatic rings. The summed E-state index contributed by atoms with van der Waals surface area (Å²) < 4.78 is 0.684. The molecule has 0 spiro atoms. The monoisotopic (exact) mass is 330 g/mol. The van der Waals surface area contributed by atoms with Gasteiger partial charge in [-0.15, -0.1) is 11.3 Å². The van der Waals surface area contributed by atoms with Crippen LogP contribution in [0.3, 0.4) is 0 Å². The number of thiazole rings is 1. The highest BCUT2D eigenvalue weighted by Crippen LogP contribution is 2.31. The van der Waals surface area contributed by atoms with Gasteiger partial charge in [0.1, 0.15) is 4.88 Å². The molecule has 0 saturated carbocycles. The van der Waals surface area contributed by atoms with E-state index in [1.54, 1.807) is 6.07 Å². The highest BCUT2D eigenvalue weighted by Gasteiger charge is 2.21. The number of Topliss-reactive ketones (excluding diaryl/α,β-unsaturated/α-hetero) is 1. The van der Waals surface area contributed by atoms with Gasteiger partial charge < -0.3 is 10.4 Å². The molecule has 0 amide bonds. The van der Waals surface area contributed by atoms with Gasteiger partial charge >= 0.3 is 5.97 Å². The van der Waals surface area contributed by atoms with Crippen LogP contribution in [0.1, 0.15) is 44.9 Å². The van der Waals surface area contributed by atoms with Crippen molar-refractivity contribution in [2.24, 2.45) is 0 Å². The van der Waals surface area contributed by atoms with E-state index >= 15 is 0 Å². The number of rotatable bonds is 5. The molecule has 2 rings (SSSR count). The first-order valence-corrected chi connectivity index (χ1v) is 7.66. The average Bonchev–Trinajstić information content (AvgIpc) is 2.95. The molecular weight excluding hydrogens is 320 g/mol. The minimum Gasteiger partial charge on any atom is -0.476 e. The zero-order valence-electron chi connectivity index (χ0n) is 10.6. The molecule has 0 aromatic carbocycles. The van der Waals surface area contributed by atoms with Crippen molar-refractivity contribution < 1.29 is 14.7 Å². The molecule has 20 heavy (non-hydrogen) atoms. The Bertz CT molecular complexity index is 634. The summed E-state index contributed by atoms with van der Waals surface area (Å²) in [6.07, 6.45) is 0. The van der Waals surface area contributed by atoms with E-state index in [0.717, 1.165) is 16.2 Å². The van der Waals surface area contributed by atoms with Gasteiger partial charge in [-0.05, 0) is 19.1 Å². The number of aromatic carboxylic acids is 1. The number of thiophene rings is 1. The summed E-state index contributed by atoms with van der Waals surface area (Å²) in [6, 6.07) is 3.62. The highest BCUT2D eigenvalue weighted by atomic mass is 35.5. The molecule has 1 unspecified atom stereocenters. The predicted molar refractivity (Wildman–Crippen MR) is 80.4 cm³/mol. The Kier molecular flexibility index (Phi) is 4.42. The molecule has 8 heteroatoms. The van der Waals surface area contributed by atoms with Crippen molar-refractivity contribution >= 4 is 51.2 Å². The number of hydrogen-bond acceptors (Lipinski definition) is 6. The van der Waals surface area contributed by atoms with Gasteiger partial charge in [0.2, 0.25) is 0 Å². The average molecular weight is 331 g/mol. The van der Waals surface area contributed by atoms with E-state index in [-0.39, 0.29) is 22.4 Å². The van der Waals surface area contributed by atoms with Crippen LogP contribution in [-0.2, 0) is 0 Å². The third kappa shape index (κ3) is 3.17. The minimum atomic E-state index is -1.20. The normalized spacial score (nSPS) is 12.2. The number of carboxylic acids is 1. The molecule has 106 valence electrons. The van der Waals surface area contributed by atoms with Crippen LogP contribution in [0.2, 0.25) is 4.34 Å². The van der Waals surface area contributed by atoms with E-state index in [2.05, 4.69) is 10.3 Å². The van der Waals surface area contributed by atoms with Crippen LogP contribution in [0, 0.1) is 0 Å². The van der Waals surface area contributed by atoms with Gasteiger partial charge in [-0.25, -0.2) is 9.78 Å². The summed E-state index contributed by atoms with van der Waals surface area (Å²) in [5.41, 5.74) is -0.207. The zero-order chi connectivity index (χ0) is 14.9. The second-order valence-electron chi connectivity index (χ2n) is 4.07. The van der Waals surface area contributed by atoms with Crippen LogP contribution in [0.5, 0.6) is 0 Å². The molecule has 0 fully saturated rings. The van der Waals surface area contributed by atoms with Crippen LogP contribution in [-0.4, -0.2) is 21.8 Å². The lowest BCUT2D eigenvalue weighted by Gasteiger charge is -2.10. The van der Waals surface area contributed by atoms with E-state index in [9.17, 15) is 9.59 Å². The molecule has 2 heterocycles. The zero-order valence-corrected chi connectivity index (χ0v) is 13.0. The van der Waals surface area contributed by atoms with Crippen molar-refractivity contribution in [3.63, 3.8) is 0 Å². The van der Waals surface area contributed by atoms with Crippen molar-refractivity contribution in [2.75, 3.05) is 5.32 Å². The summed E-state index contributed by atoms with van der Waals surface area (Å²) in [7, 11) is 0. The summed E-state index contributed by atoms with van der Waals surface area (Å²) in [4.78, 5) is 27.6. The van der Waals surface area contributed by atoms with Crippen LogP contribution in [0.25, 0.3) is 0 Å². The Hall–Kier alpha value is -1.44. The smallest absolute Gasteiger partial charge is 0.356 e. The van der Waals surface area contributed by atoms with E-state index in [4.69, 9.17) is 16.7 Å². The van der Waals surface area contributed by atoms with Crippen molar-refractivity contribution in [1.29, 1.82) is 0 Å². The molecule has 0 radical (unpaired) electrons. The maximum absolute atomic E-state index is 11.4. The molecule has 1 atom stereocenters. The summed E-state index contributed by atoms with van der Waals surface area (Å²) >= 11 is 8.36. The van der Waals surface area contributed by atoms with Crippen molar-refractivity contribution in [3.05, 3.63) is 31.9 Å². The first-order valence-electron chi connectivity index (χ1n) is 5.65. The second-order valence-corrected chi connectivity index (χ2v) is 6.81. The van der Waals surface area contributed by atoms with Gasteiger partial charge in [-0.1, -0.05) is 22.9 Å². The number of carbonyl (C=O) groups is 2. The number of aromatic nitrogens is 1. The van der Waals surface area contributed by atoms with Crippen LogP contribution >= 0.6 is 34.3 Å². The Morgan fingerprint density at radius 3 is 2.55 bits per heavy atom. The number of hydrogen-bond donors (Lipinski definition) is 2. The Labute approximate surface area is 128 Å². The number of carbonyl (C=O) groups excluding carboxylic acids is 1. The molecule has 2 aromatic heterocycles. The summed E-state index contributed by atoms with van der Waals surface area (Å²) in [5, 5.41) is 12.5. The Balaban J connectivity index is 2.23. The number of halogens is 1.